The van der Waals surface area contributed by atoms with Crippen LogP contribution in [0.4, 0.5) is 0 Å². The maximum atomic E-state index is 12.2. The van der Waals surface area contributed by atoms with Gasteiger partial charge in [-0.05, 0) is 49.3 Å². The Labute approximate surface area is 214 Å². The van der Waals surface area contributed by atoms with E-state index in [4.69, 9.17) is 9.47 Å². The lowest BCUT2D eigenvalue weighted by molar-refractivity contribution is -0.317. The van der Waals surface area contributed by atoms with Crippen molar-refractivity contribution in [2.24, 2.45) is 5.92 Å². The molecule has 1 aliphatic heterocycles. The van der Waals surface area contributed by atoms with Crippen molar-refractivity contribution < 1.29 is 49.7 Å². The van der Waals surface area contributed by atoms with Gasteiger partial charge in [-0.25, -0.2) is 4.79 Å². The smallest absolute Gasteiger partial charge is 0.335 e. The molecular weight excluding hydrogens is 484 g/mol. The van der Waals surface area contributed by atoms with Crippen LogP contribution in [-0.2, 0) is 4.74 Å². The first kappa shape index (κ1) is 27.3. The number of hydrogen-bond donors (Lipinski definition) is 6. The molecule has 1 saturated heterocycles. The summed E-state index contributed by atoms with van der Waals surface area (Å²) in [7, 11) is 0. The van der Waals surface area contributed by atoms with E-state index in [1.807, 2.05) is 0 Å². The van der Waals surface area contributed by atoms with Gasteiger partial charge in [0.05, 0.1) is 23.1 Å². The molecule has 1 heterocycles. The summed E-state index contributed by atoms with van der Waals surface area (Å²) < 4.78 is 11.6. The molecule has 5 atom stereocenters. The number of carboxylic acids is 1. The fourth-order valence-electron chi connectivity index (χ4n) is 5.81. The molecular formula is C27H34O10. The predicted octanol–water partition coefficient (Wildman–Crippen LogP) is 2.27. The van der Waals surface area contributed by atoms with E-state index in [0.717, 1.165) is 38.2 Å². The second-order valence-electron chi connectivity index (χ2n) is 10.3. The van der Waals surface area contributed by atoms with Crippen molar-refractivity contribution >= 4 is 22.5 Å². The van der Waals surface area contributed by atoms with E-state index >= 15 is 0 Å². The summed E-state index contributed by atoms with van der Waals surface area (Å²) in [6.07, 6.45) is -1.49. The third-order valence-electron chi connectivity index (χ3n) is 7.69. The van der Waals surface area contributed by atoms with Crippen LogP contribution in [0, 0.1) is 12.8 Å². The van der Waals surface area contributed by atoms with Crippen LogP contribution < -0.4 is 4.74 Å². The van der Waals surface area contributed by atoms with Gasteiger partial charge in [-0.2, -0.15) is 0 Å². The lowest BCUT2D eigenvalue weighted by Crippen LogP contribution is -2.68. The van der Waals surface area contributed by atoms with E-state index in [1.165, 1.54) is 19.1 Å². The molecule has 2 aliphatic rings. The zero-order chi connectivity index (χ0) is 27.1. The van der Waals surface area contributed by atoms with E-state index in [-0.39, 0.29) is 40.0 Å². The quantitative estimate of drug-likeness (QED) is 0.298. The molecule has 37 heavy (non-hydrogen) atoms. The molecule has 6 N–H and O–H groups in total. The molecule has 0 bridgehead atoms. The average molecular weight is 519 g/mol. The van der Waals surface area contributed by atoms with E-state index < -0.39 is 54.3 Å². The highest BCUT2D eigenvalue weighted by molar-refractivity contribution is 6.08. The molecule has 0 spiro atoms. The normalized spacial score (nSPS) is 28.8. The summed E-state index contributed by atoms with van der Waals surface area (Å²) >= 11 is 0. The summed E-state index contributed by atoms with van der Waals surface area (Å²) in [6.45, 7) is 2.22. The largest absolute Gasteiger partial charge is 0.506 e. The maximum absolute atomic E-state index is 12.2. The standard InChI is InChI=1S/C27H34O10/c1-13-8-16-9-17(25(33)34)10-18(21(16)22(30)20(13)14(2)29)36-26-23(31)24(32)27(35,19(12-28)37-26)11-15-6-4-3-5-7-15/h8-10,15,19,23-24,26,28,30-32,35H,3-7,11-12H2,1-2H3,(H,33,34). The van der Waals surface area contributed by atoms with Gasteiger partial charge in [0.25, 0.3) is 0 Å². The Morgan fingerprint density at radius 3 is 2.41 bits per heavy atom. The minimum Gasteiger partial charge on any atom is -0.506 e. The number of aliphatic hydroxyl groups excluding tert-OH is 3. The van der Waals surface area contributed by atoms with E-state index in [0.29, 0.717) is 5.56 Å². The molecule has 5 unspecified atom stereocenters. The van der Waals surface area contributed by atoms with Crippen LogP contribution >= 0.6 is 0 Å². The lowest BCUT2D eigenvalue weighted by Gasteiger charge is -2.49. The Morgan fingerprint density at radius 1 is 1.14 bits per heavy atom. The first-order chi connectivity index (χ1) is 17.5. The van der Waals surface area contributed by atoms with Crippen LogP contribution in [0.25, 0.3) is 10.8 Å². The van der Waals surface area contributed by atoms with Gasteiger partial charge in [-0.15, -0.1) is 0 Å². The SMILES string of the molecule is CC(=O)c1c(C)cc2cc(C(=O)O)cc(OC3OC(CO)C(O)(CC4CCCCC4)C(O)C3O)c2c1O. The van der Waals surface area contributed by atoms with Crippen molar-refractivity contribution in [3.05, 3.63) is 34.9 Å². The number of ketones is 1. The minimum atomic E-state index is -1.93. The molecule has 4 rings (SSSR count). The van der Waals surface area contributed by atoms with Gasteiger partial charge in [0.1, 0.15) is 35.4 Å². The number of carboxylic acid groups (broad SMARTS) is 1. The fourth-order valence-corrected chi connectivity index (χ4v) is 5.81. The van der Waals surface area contributed by atoms with Crippen LogP contribution in [0.5, 0.6) is 11.5 Å². The van der Waals surface area contributed by atoms with E-state index in [1.54, 1.807) is 6.92 Å². The van der Waals surface area contributed by atoms with Crippen molar-refractivity contribution in [2.45, 2.75) is 82.6 Å². The summed E-state index contributed by atoms with van der Waals surface area (Å²) in [4.78, 5) is 23.9. The number of benzene rings is 2. The van der Waals surface area contributed by atoms with Crippen LogP contribution in [0.15, 0.2) is 18.2 Å². The molecule has 0 aromatic heterocycles. The number of aromatic hydroxyl groups is 1. The summed E-state index contributed by atoms with van der Waals surface area (Å²) in [5, 5.41) is 64.1. The fraction of sp³-hybridized carbons (Fsp3) is 0.556. The number of ether oxygens (including phenoxy) is 2. The Balaban J connectivity index is 1.72. The third kappa shape index (κ3) is 5.04. The number of fused-ring (bicyclic) bond motifs is 1. The minimum absolute atomic E-state index is 0.0229. The Kier molecular flexibility index (Phi) is 7.77. The van der Waals surface area contributed by atoms with Crippen molar-refractivity contribution in [1.29, 1.82) is 0 Å². The summed E-state index contributed by atoms with van der Waals surface area (Å²) in [6, 6.07) is 3.97. The van der Waals surface area contributed by atoms with Crippen LogP contribution in [-0.4, -0.2) is 79.2 Å². The number of phenols is 1. The molecule has 1 aliphatic carbocycles. The Hall–Kier alpha value is -2.76. The molecule has 2 fully saturated rings. The van der Waals surface area contributed by atoms with Crippen LogP contribution in [0.1, 0.15) is 71.7 Å². The number of Topliss-reactive ketones (excluding diaryl/α,β-unsaturated/α-hetero) is 1. The number of aryl methyl sites for hydroxylation is 1. The number of carbonyl (C=O) groups is 2. The lowest BCUT2D eigenvalue weighted by atomic mass is 9.74. The number of carbonyl (C=O) groups excluding carboxylic acids is 1. The zero-order valence-corrected chi connectivity index (χ0v) is 20.9. The molecule has 1 saturated carbocycles. The van der Waals surface area contributed by atoms with Gasteiger partial charge in [-0.1, -0.05) is 38.2 Å². The van der Waals surface area contributed by atoms with Gasteiger partial charge < -0.3 is 40.1 Å². The zero-order valence-electron chi connectivity index (χ0n) is 20.9. The molecule has 202 valence electrons. The molecule has 0 amide bonds. The molecule has 0 radical (unpaired) electrons. The number of hydrogen-bond acceptors (Lipinski definition) is 9. The van der Waals surface area contributed by atoms with E-state index in [2.05, 4.69) is 0 Å². The first-order valence-corrected chi connectivity index (χ1v) is 12.5. The molecule has 10 nitrogen and oxygen atoms in total. The first-order valence-electron chi connectivity index (χ1n) is 12.5. The highest BCUT2D eigenvalue weighted by Gasteiger charge is 2.56. The summed E-state index contributed by atoms with van der Waals surface area (Å²) in [5.41, 5.74) is -1.65. The predicted molar refractivity (Wildman–Crippen MR) is 132 cm³/mol. The number of phenolic OH excluding ortho intramolecular Hbond substituents is 1. The monoisotopic (exact) mass is 518 g/mol. The second kappa shape index (κ2) is 10.5. The van der Waals surface area contributed by atoms with Crippen molar-refractivity contribution in [3.8, 4) is 11.5 Å². The highest BCUT2D eigenvalue weighted by Crippen LogP contribution is 2.43. The van der Waals surface area contributed by atoms with Crippen molar-refractivity contribution in [2.75, 3.05) is 6.61 Å². The molecule has 2 aromatic carbocycles. The van der Waals surface area contributed by atoms with Crippen molar-refractivity contribution in [1.82, 2.24) is 0 Å². The van der Waals surface area contributed by atoms with Gasteiger partial charge in [0.15, 0.2) is 5.78 Å². The average Bonchev–Trinajstić information content (AvgIpc) is 2.84. The Bertz CT molecular complexity index is 1180. The van der Waals surface area contributed by atoms with Gasteiger partial charge in [-0.3, -0.25) is 4.79 Å². The molecule has 2 aromatic rings. The second-order valence-corrected chi connectivity index (χ2v) is 10.3. The van der Waals surface area contributed by atoms with Gasteiger partial charge in [0, 0.05) is 0 Å². The van der Waals surface area contributed by atoms with Gasteiger partial charge in [0.2, 0.25) is 6.29 Å². The topological polar surface area (TPSA) is 174 Å². The highest BCUT2D eigenvalue weighted by atomic mass is 16.7. The van der Waals surface area contributed by atoms with Crippen LogP contribution in [0.2, 0.25) is 0 Å². The van der Waals surface area contributed by atoms with Crippen molar-refractivity contribution in [3.63, 3.8) is 0 Å². The summed E-state index contributed by atoms with van der Waals surface area (Å²) in [5.74, 6) is -2.23. The number of rotatable bonds is 7. The number of aliphatic hydroxyl groups is 4. The maximum Gasteiger partial charge on any atom is 0.335 e. The Morgan fingerprint density at radius 2 is 1.81 bits per heavy atom. The number of aromatic carboxylic acids is 1. The third-order valence-corrected chi connectivity index (χ3v) is 7.69. The van der Waals surface area contributed by atoms with E-state index in [9.17, 15) is 40.2 Å². The van der Waals surface area contributed by atoms with Gasteiger partial charge >= 0.3 is 5.97 Å². The molecule has 10 heteroatoms. The van der Waals surface area contributed by atoms with Crippen LogP contribution in [0.3, 0.4) is 0 Å².